The van der Waals surface area contributed by atoms with E-state index in [2.05, 4.69) is 10.6 Å². The van der Waals surface area contributed by atoms with Crippen LogP contribution < -0.4 is 10.6 Å². The molecular formula is C35H48ClFN4O6S. The first-order valence-corrected chi connectivity index (χ1v) is 19.3. The number of ether oxygens (including phenoxy) is 1. The molecule has 4 aliphatic rings. The molecule has 2 saturated carbocycles. The van der Waals surface area contributed by atoms with Crippen LogP contribution in [0.2, 0.25) is 5.02 Å². The van der Waals surface area contributed by atoms with Crippen molar-refractivity contribution < 1.29 is 32.9 Å². The first-order chi connectivity index (χ1) is 23.0. The van der Waals surface area contributed by atoms with E-state index in [-0.39, 0.29) is 36.2 Å². The van der Waals surface area contributed by atoms with Crippen molar-refractivity contribution in [2.24, 2.45) is 5.92 Å². The largest absolute Gasteiger partial charge is 0.465 e. The lowest BCUT2D eigenvalue weighted by Crippen LogP contribution is -2.55. The maximum Gasteiger partial charge on any atom is 0.407 e. The summed E-state index contributed by atoms with van der Waals surface area (Å²) in [6.07, 6.45) is 7.00. The Morgan fingerprint density at radius 3 is 2.44 bits per heavy atom. The molecule has 2 amide bonds. The van der Waals surface area contributed by atoms with E-state index in [1.54, 1.807) is 22.5 Å². The van der Waals surface area contributed by atoms with Gasteiger partial charge >= 0.3 is 6.09 Å². The van der Waals surface area contributed by atoms with Gasteiger partial charge in [-0.05, 0) is 100.0 Å². The average molecular weight is 707 g/mol. The number of hydrogen-bond acceptors (Lipinski definition) is 7. The molecule has 1 unspecified atom stereocenters. The third kappa shape index (κ3) is 8.29. The molecule has 5 atom stereocenters. The van der Waals surface area contributed by atoms with Gasteiger partial charge in [0, 0.05) is 54.4 Å². The van der Waals surface area contributed by atoms with Gasteiger partial charge in [-0.15, -0.1) is 10.8 Å². The fraction of sp³-hybridized carbons (Fsp3) is 0.600. The summed E-state index contributed by atoms with van der Waals surface area (Å²) in [5.41, 5.74) is 1.40. The molecule has 2 aromatic carbocycles. The zero-order valence-corrected chi connectivity index (χ0v) is 29.0. The molecule has 2 aromatic rings. The van der Waals surface area contributed by atoms with Crippen molar-refractivity contribution in [3.05, 3.63) is 64.4 Å². The van der Waals surface area contributed by atoms with E-state index in [1.165, 1.54) is 19.2 Å². The molecule has 2 saturated heterocycles. The summed E-state index contributed by atoms with van der Waals surface area (Å²) < 4.78 is 45.2. The van der Waals surface area contributed by atoms with Gasteiger partial charge in [0.1, 0.15) is 11.9 Å². The fourth-order valence-electron chi connectivity index (χ4n) is 7.88. The number of rotatable bonds is 11. The molecule has 0 radical (unpaired) electrons. The van der Waals surface area contributed by atoms with Crippen LogP contribution in [-0.2, 0) is 16.0 Å². The lowest BCUT2D eigenvalue weighted by molar-refractivity contribution is -0.122. The van der Waals surface area contributed by atoms with Crippen LogP contribution in [0.1, 0.15) is 74.8 Å². The normalized spacial score (nSPS) is 28.8. The van der Waals surface area contributed by atoms with E-state index in [1.807, 2.05) is 12.1 Å². The fourth-order valence-corrected chi connectivity index (χ4v) is 9.87. The molecule has 48 heavy (non-hydrogen) atoms. The zero-order valence-electron chi connectivity index (χ0n) is 27.4. The Bertz CT molecular complexity index is 1440. The van der Waals surface area contributed by atoms with Crippen LogP contribution in [0.25, 0.3) is 0 Å². The molecule has 10 nitrogen and oxygen atoms in total. The molecule has 0 aromatic heterocycles. The van der Waals surface area contributed by atoms with Gasteiger partial charge in [-0.2, -0.15) is 0 Å². The van der Waals surface area contributed by atoms with E-state index in [9.17, 15) is 23.8 Å². The third-order valence-electron chi connectivity index (χ3n) is 10.6. The van der Waals surface area contributed by atoms with Crippen molar-refractivity contribution in [2.75, 3.05) is 31.2 Å². The predicted octanol–water partition coefficient (Wildman–Crippen LogP) is 6.95. The Hall–Kier alpha value is -2.45. The van der Waals surface area contributed by atoms with Crippen LogP contribution in [-0.4, -0.2) is 91.6 Å². The standard InChI is InChI=1S/C35H48ClFN4O6S/c1-40(35(43)44)33(32(22-7-11-24(36)12-8-22)23-9-14-27(15-10-23)47-28-16-17-28)34(42)39-31-6-2-5-30(37)29(31)18-13-26-20-38-25-4-3-19-48(45,46)41(26)21-25/h2,5-8,11-12,23,25-28,32-33,38,45-46H,3-4,9-10,13-21H2,1H3,(H,39,42)(H,43,44)/t23?,25-,26+,27?,32+,33+/m1/s1. The molecule has 2 aliphatic carbocycles. The Morgan fingerprint density at radius 2 is 1.77 bits per heavy atom. The molecule has 6 rings (SSSR count). The predicted molar refractivity (Wildman–Crippen MR) is 186 cm³/mol. The SMILES string of the molecule is CN(C(=O)O)[C@H](C(=O)Nc1cccc(F)c1CC[C@H]1CN[C@@H]2CCCS(O)(O)N1C2)[C@@H](c1ccc(Cl)cc1)C1CCC(OC2CC2)CC1. The molecule has 264 valence electrons. The minimum atomic E-state index is -2.92. The topological polar surface area (TPSA) is 135 Å². The number of carbonyl (C=O) groups is 2. The molecule has 13 heteroatoms. The van der Waals surface area contributed by atoms with Crippen molar-refractivity contribution in [2.45, 2.75) is 100 Å². The van der Waals surface area contributed by atoms with Crippen molar-refractivity contribution in [3.8, 4) is 0 Å². The van der Waals surface area contributed by atoms with Crippen molar-refractivity contribution in [1.29, 1.82) is 0 Å². The highest BCUT2D eigenvalue weighted by molar-refractivity contribution is 8.22. The molecule has 2 bridgehead atoms. The number of amides is 2. The number of hydrogen-bond donors (Lipinski definition) is 5. The summed E-state index contributed by atoms with van der Waals surface area (Å²) in [7, 11) is -1.51. The first-order valence-electron chi connectivity index (χ1n) is 17.2. The quantitative estimate of drug-likeness (QED) is 0.170. The number of nitrogens with one attached hydrogen (secondary N) is 2. The van der Waals surface area contributed by atoms with E-state index < -0.39 is 40.6 Å². The van der Waals surface area contributed by atoms with Crippen LogP contribution >= 0.6 is 22.4 Å². The highest BCUT2D eigenvalue weighted by atomic mass is 35.5. The number of carbonyl (C=O) groups excluding carboxylic acids is 1. The first kappa shape index (κ1) is 35.4. The summed E-state index contributed by atoms with van der Waals surface area (Å²) in [5, 5.41) is 17.2. The summed E-state index contributed by atoms with van der Waals surface area (Å²) in [6, 6.07) is 10.6. The molecular weight excluding hydrogens is 659 g/mol. The summed E-state index contributed by atoms with van der Waals surface area (Å²) in [5.74, 6) is -1.16. The highest BCUT2D eigenvalue weighted by Crippen LogP contribution is 2.49. The van der Waals surface area contributed by atoms with E-state index in [0.29, 0.717) is 42.0 Å². The maximum atomic E-state index is 15.5. The number of nitrogens with zero attached hydrogens (tertiary/aromatic N) is 2. The number of halogens is 2. The number of anilines is 1. The zero-order chi connectivity index (χ0) is 34.0. The molecule has 0 spiro atoms. The average Bonchev–Trinajstić information content (AvgIpc) is 3.89. The van der Waals surface area contributed by atoms with Crippen molar-refractivity contribution >= 4 is 40.1 Å². The second-order valence-corrected chi connectivity index (χ2v) is 16.5. The van der Waals surface area contributed by atoms with E-state index in [4.69, 9.17) is 16.3 Å². The van der Waals surface area contributed by atoms with E-state index in [0.717, 1.165) is 61.8 Å². The second-order valence-electron chi connectivity index (χ2n) is 13.9. The molecule has 2 aliphatic heterocycles. The van der Waals surface area contributed by atoms with Gasteiger partial charge in [0.05, 0.1) is 18.0 Å². The lowest BCUT2D eigenvalue weighted by atomic mass is 9.72. The maximum absolute atomic E-state index is 15.5. The van der Waals surface area contributed by atoms with Crippen LogP contribution in [0.3, 0.4) is 0 Å². The van der Waals surface area contributed by atoms with Gasteiger partial charge in [-0.3, -0.25) is 18.8 Å². The molecule has 5 N–H and O–H groups in total. The number of likely N-dealkylation sites (N-methyl/N-ethyl adjacent to an activating group) is 1. The summed E-state index contributed by atoms with van der Waals surface area (Å²) in [4.78, 5) is 27.9. The molecule has 2 heterocycles. The van der Waals surface area contributed by atoms with Gasteiger partial charge in [0.25, 0.3) is 0 Å². The van der Waals surface area contributed by atoms with Crippen molar-refractivity contribution in [1.82, 2.24) is 14.5 Å². The number of carboxylic acid groups (broad SMARTS) is 1. The van der Waals surface area contributed by atoms with Crippen molar-refractivity contribution in [3.63, 3.8) is 0 Å². The van der Waals surface area contributed by atoms with Gasteiger partial charge in [0.15, 0.2) is 0 Å². The Labute approximate surface area is 288 Å². The number of fused-ring (bicyclic) bond motifs is 2. The third-order valence-corrected chi connectivity index (χ3v) is 12.9. The van der Waals surface area contributed by atoms with Gasteiger partial charge < -0.3 is 20.5 Å². The number of benzene rings is 2. The van der Waals surface area contributed by atoms with Gasteiger partial charge in [0.2, 0.25) is 5.91 Å². The lowest BCUT2D eigenvalue weighted by Gasteiger charge is -2.49. The second kappa shape index (κ2) is 15.2. The smallest absolute Gasteiger partial charge is 0.407 e. The minimum absolute atomic E-state index is 0.00532. The summed E-state index contributed by atoms with van der Waals surface area (Å²) in [6.45, 7) is 1.08. The van der Waals surface area contributed by atoms with Gasteiger partial charge in [-0.25, -0.2) is 13.5 Å². The van der Waals surface area contributed by atoms with Gasteiger partial charge in [-0.1, -0.05) is 29.8 Å². The van der Waals surface area contributed by atoms with Crippen LogP contribution in [0.5, 0.6) is 0 Å². The Balaban J connectivity index is 1.24. The number of piperazine rings is 1. The summed E-state index contributed by atoms with van der Waals surface area (Å²) >= 11 is 6.24. The minimum Gasteiger partial charge on any atom is -0.465 e. The monoisotopic (exact) mass is 706 g/mol. The Kier molecular flexibility index (Phi) is 11.2. The van der Waals surface area contributed by atoms with Crippen LogP contribution in [0, 0.1) is 11.7 Å². The highest BCUT2D eigenvalue weighted by Gasteiger charge is 2.43. The molecule has 4 fully saturated rings. The van der Waals surface area contributed by atoms with Crippen LogP contribution in [0.4, 0.5) is 14.9 Å². The van der Waals surface area contributed by atoms with E-state index >= 15 is 4.39 Å². The van der Waals surface area contributed by atoms with Crippen LogP contribution in [0.15, 0.2) is 42.5 Å². The Morgan fingerprint density at radius 1 is 1.08 bits per heavy atom.